The fraction of sp³-hybridized carbons (Fsp3) is 0.222. The Bertz CT molecular complexity index is 1090. The van der Waals surface area contributed by atoms with Crippen molar-refractivity contribution in [3.8, 4) is 0 Å². The molecule has 0 aliphatic rings. The Kier molecular flexibility index (Phi) is 3.31. The van der Waals surface area contributed by atoms with E-state index in [1.54, 1.807) is 18.6 Å². The Labute approximate surface area is 143 Å². The average molecular weight is 335 g/mol. The van der Waals surface area contributed by atoms with E-state index in [2.05, 4.69) is 20.4 Å². The third-order valence-corrected chi connectivity index (χ3v) is 3.95. The Morgan fingerprint density at radius 1 is 1.24 bits per heavy atom. The van der Waals surface area contributed by atoms with Gasteiger partial charge in [-0.1, -0.05) is 39.0 Å². The zero-order chi connectivity index (χ0) is 17.6. The summed E-state index contributed by atoms with van der Waals surface area (Å²) in [6.45, 7) is 5.90. The number of hydrogen-bond donors (Lipinski definition) is 1. The molecule has 0 aliphatic heterocycles. The molecule has 1 aromatic carbocycles. The highest BCUT2D eigenvalue weighted by molar-refractivity contribution is 6.12. The van der Waals surface area contributed by atoms with Crippen molar-refractivity contribution in [2.45, 2.75) is 26.2 Å². The Morgan fingerprint density at radius 3 is 2.80 bits per heavy atom. The van der Waals surface area contributed by atoms with Gasteiger partial charge in [0.25, 0.3) is 11.9 Å². The van der Waals surface area contributed by atoms with Crippen LogP contribution in [0.3, 0.4) is 0 Å². The first-order valence-corrected chi connectivity index (χ1v) is 7.93. The highest BCUT2D eigenvalue weighted by atomic mass is 16.5. The lowest BCUT2D eigenvalue weighted by Crippen LogP contribution is -2.15. The number of carbonyl (C=O) groups excluding carboxylic acids is 1. The van der Waals surface area contributed by atoms with E-state index in [-0.39, 0.29) is 17.3 Å². The number of nitrogens with zero attached hydrogens (tertiary/aromatic N) is 4. The molecule has 0 radical (unpaired) electrons. The number of para-hydroxylation sites is 1. The smallest absolute Gasteiger partial charge is 0.270 e. The summed E-state index contributed by atoms with van der Waals surface area (Å²) in [5.74, 6) is 0.340. The molecule has 4 rings (SSSR count). The number of hydrogen-bond acceptors (Lipinski definition) is 5. The predicted molar refractivity (Wildman–Crippen MR) is 93.6 cm³/mol. The number of rotatable bonds is 2. The molecular formula is C18H17N5O2. The molecule has 0 spiro atoms. The standard InChI is InChI=1S/C18H17N5O2/c1-18(2,3)16-21-17(22-25-16)20-15(24)13-8-11-9-19-10-23(11)14-7-5-4-6-12(13)14/h4-10H,1-3H3,(H,20,22,24). The number of amides is 1. The van der Waals surface area contributed by atoms with Gasteiger partial charge in [-0.3, -0.25) is 14.5 Å². The lowest BCUT2D eigenvalue weighted by atomic mass is 9.97. The van der Waals surface area contributed by atoms with E-state index in [9.17, 15) is 4.79 Å². The Hall–Kier alpha value is -3.22. The molecule has 1 N–H and O–H groups in total. The van der Waals surface area contributed by atoms with Gasteiger partial charge in [-0.2, -0.15) is 4.98 Å². The normalized spacial score (nSPS) is 12.0. The van der Waals surface area contributed by atoms with E-state index in [1.165, 1.54) is 0 Å². The van der Waals surface area contributed by atoms with Gasteiger partial charge in [0.15, 0.2) is 0 Å². The molecular weight excluding hydrogens is 318 g/mol. The molecule has 126 valence electrons. The maximum absolute atomic E-state index is 12.8. The van der Waals surface area contributed by atoms with Crippen LogP contribution in [0.4, 0.5) is 5.95 Å². The molecule has 1 amide bonds. The number of imidazole rings is 1. The van der Waals surface area contributed by atoms with Crippen molar-refractivity contribution < 1.29 is 9.32 Å². The van der Waals surface area contributed by atoms with Gasteiger partial charge in [-0.25, -0.2) is 4.98 Å². The highest BCUT2D eigenvalue weighted by Gasteiger charge is 2.23. The van der Waals surface area contributed by atoms with Crippen LogP contribution in [0.5, 0.6) is 0 Å². The summed E-state index contributed by atoms with van der Waals surface area (Å²) < 4.78 is 7.16. The van der Waals surface area contributed by atoms with Gasteiger partial charge >= 0.3 is 0 Å². The number of nitrogens with one attached hydrogen (secondary N) is 1. The third kappa shape index (κ3) is 2.63. The number of benzene rings is 1. The fourth-order valence-corrected chi connectivity index (χ4v) is 2.69. The van der Waals surface area contributed by atoms with Crippen molar-refractivity contribution in [1.82, 2.24) is 19.5 Å². The number of fused-ring (bicyclic) bond motifs is 3. The van der Waals surface area contributed by atoms with Gasteiger partial charge < -0.3 is 4.52 Å². The number of pyridine rings is 1. The van der Waals surface area contributed by atoms with E-state index in [4.69, 9.17) is 4.52 Å². The van der Waals surface area contributed by atoms with Crippen molar-refractivity contribution in [2.24, 2.45) is 0 Å². The topological polar surface area (TPSA) is 85.3 Å². The lowest BCUT2D eigenvalue weighted by molar-refractivity contribution is 0.102. The minimum absolute atomic E-state index is 0.160. The first-order valence-electron chi connectivity index (χ1n) is 7.93. The van der Waals surface area contributed by atoms with Crippen LogP contribution in [0.25, 0.3) is 16.4 Å². The maximum atomic E-state index is 12.8. The second kappa shape index (κ2) is 5.41. The van der Waals surface area contributed by atoms with Crippen LogP contribution in [0.1, 0.15) is 37.0 Å². The molecule has 0 aliphatic carbocycles. The third-order valence-electron chi connectivity index (χ3n) is 3.95. The van der Waals surface area contributed by atoms with Crippen molar-refractivity contribution in [2.75, 3.05) is 5.32 Å². The molecule has 0 bridgehead atoms. The van der Waals surface area contributed by atoms with Crippen LogP contribution < -0.4 is 5.32 Å². The minimum Gasteiger partial charge on any atom is -0.337 e. The average Bonchev–Trinajstić information content (AvgIpc) is 3.22. The molecule has 0 saturated heterocycles. The first kappa shape index (κ1) is 15.3. The summed E-state index contributed by atoms with van der Waals surface area (Å²) in [5, 5.41) is 7.38. The van der Waals surface area contributed by atoms with Gasteiger partial charge in [0.2, 0.25) is 5.89 Å². The highest BCUT2D eigenvalue weighted by Crippen LogP contribution is 2.24. The molecule has 3 aromatic heterocycles. The molecule has 0 fully saturated rings. The maximum Gasteiger partial charge on any atom is 0.270 e. The van der Waals surface area contributed by atoms with Gasteiger partial charge in [-0.15, -0.1) is 0 Å². The van der Waals surface area contributed by atoms with Crippen LogP contribution in [0, 0.1) is 0 Å². The van der Waals surface area contributed by atoms with Crippen LogP contribution in [-0.2, 0) is 5.41 Å². The molecule has 3 heterocycles. The number of carbonyl (C=O) groups is 1. The van der Waals surface area contributed by atoms with E-state index in [1.807, 2.05) is 49.4 Å². The number of aromatic nitrogens is 4. The Balaban J connectivity index is 1.75. The van der Waals surface area contributed by atoms with Crippen molar-refractivity contribution in [3.05, 3.63) is 54.3 Å². The summed E-state index contributed by atoms with van der Waals surface area (Å²) in [7, 11) is 0. The summed E-state index contributed by atoms with van der Waals surface area (Å²) in [4.78, 5) is 21.2. The van der Waals surface area contributed by atoms with E-state index in [0.29, 0.717) is 11.5 Å². The van der Waals surface area contributed by atoms with Crippen molar-refractivity contribution in [3.63, 3.8) is 0 Å². The first-order chi connectivity index (χ1) is 11.9. The molecule has 7 nitrogen and oxygen atoms in total. The number of anilines is 1. The van der Waals surface area contributed by atoms with Gasteiger partial charge in [0, 0.05) is 10.8 Å². The van der Waals surface area contributed by atoms with E-state index < -0.39 is 0 Å². The second-order valence-electron chi connectivity index (χ2n) is 6.89. The quantitative estimate of drug-likeness (QED) is 0.606. The molecule has 4 aromatic rings. The van der Waals surface area contributed by atoms with Crippen molar-refractivity contribution >= 4 is 28.3 Å². The van der Waals surface area contributed by atoms with E-state index in [0.717, 1.165) is 16.4 Å². The zero-order valence-corrected chi connectivity index (χ0v) is 14.1. The van der Waals surface area contributed by atoms with E-state index >= 15 is 0 Å². The SMILES string of the molecule is CC(C)(C)c1nc(NC(=O)c2cc3cncn3c3ccccc23)no1. The molecule has 7 heteroatoms. The molecule has 0 atom stereocenters. The largest absolute Gasteiger partial charge is 0.337 e. The summed E-state index contributed by atoms with van der Waals surface area (Å²) in [6, 6.07) is 9.48. The van der Waals surface area contributed by atoms with Crippen LogP contribution in [0.15, 0.2) is 47.4 Å². The van der Waals surface area contributed by atoms with Gasteiger partial charge in [-0.05, 0) is 17.3 Å². The molecule has 25 heavy (non-hydrogen) atoms. The fourth-order valence-electron chi connectivity index (χ4n) is 2.69. The minimum atomic E-state index is -0.291. The summed E-state index contributed by atoms with van der Waals surface area (Å²) in [6.07, 6.45) is 3.45. The summed E-state index contributed by atoms with van der Waals surface area (Å²) in [5.41, 5.74) is 2.00. The van der Waals surface area contributed by atoms with Gasteiger partial charge in [0.1, 0.15) is 0 Å². The Morgan fingerprint density at radius 2 is 2.04 bits per heavy atom. The van der Waals surface area contributed by atoms with Crippen LogP contribution in [-0.4, -0.2) is 25.4 Å². The monoisotopic (exact) mass is 335 g/mol. The van der Waals surface area contributed by atoms with Crippen LogP contribution >= 0.6 is 0 Å². The van der Waals surface area contributed by atoms with Crippen molar-refractivity contribution in [1.29, 1.82) is 0 Å². The lowest BCUT2D eigenvalue weighted by Gasteiger charge is -2.10. The zero-order valence-electron chi connectivity index (χ0n) is 14.1. The summed E-state index contributed by atoms with van der Waals surface area (Å²) >= 11 is 0. The molecule has 0 unspecified atom stereocenters. The second-order valence-corrected chi connectivity index (χ2v) is 6.89. The predicted octanol–water partition coefficient (Wildman–Crippen LogP) is 3.42. The van der Waals surface area contributed by atoms with Crippen LogP contribution in [0.2, 0.25) is 0 Å². The van der Waals surface area contributed by atoms with Gasteiger partial charge in [0.05, 0.1) is 29.1 Å². The molecule has 0 saturated carbocycles.